The zero-order valence-electron chi connectivity index (χ0n) is 10.7. The molecule has 0 saturated carbocycles. The largest absolute Gasteiger partial charge is 0.352 e. The second-order valence-corrected chi connectivity index (χ2v) is 4.39. The van der Waals surface area contributed by atoms with E-state index >= 15 is 0 Å². The zero-order chi connectivity index (χ0) is 13.7. The van der Waals surface area contributed by atoms with Crippen LogP contribution < -0.4 is 5.32 Å². The van der Waals surface area contributed by atoms with Gasteiger partial charge in [-0.05, 0) is 38.1 Å². The molecule has 98 valence electrons. The predicted molar refractivity (Wildman–Crippen MR) is 66.6 cm³/mol. The van der Waals surface area contributed by atoms with Gasteiger partial charge < -0.3 is 10.2 Å². The molecule has 0 aliphatic heterocycles. The Hall–Kier alpha value is -1.91. The summed E-state index contributed by atoms with van der Waals surface area (Å²) >= 11 is 0. The summed E-state index contributed by atoms with van der Waals surface area (Å²) in [5.41, 5.74) is 0.358. The van der Waals surface area contributed by atoms with Crippen LogP contribution in [0.25, 0.3) is 0 Å². The first-order valence-electron chi connectivity index (χ1n) is 5.70. The van der Waals surface area contributed by atoms with Crippen molar-refractivity contribution in [3.05, 3.63) is 35.6 Å². The maximum Gasteiger partial charge on any atom is 0.254 e. The molecule has 0 aliphatic carbocycles. The number of nitrogens with one attached hydrogen (secondary N) is 1. The molecule has 0 bridgehead atoms. The number of carbonyl (C=O) groups excluding carboxylic acids is 2. The fourth-order valence-electron chi connectivity index (χ4n) is 1.47. The molecular weight excluding hydrogens is 235 g/mol. The van der Waals surface area contributed by atoms with Gasteiger partial charge in [0.1, 0.15) is 5.82 Å². The molecule has 0 aliphatic rings. The molecular formula is C13H17FN2O2. The van der Waals surface area contributed by atoms with Crippen LogP contribution in [-0.2, 0) is 4.79 Å². The molecule has 0 saturated heterocycles. The van der Waals surface area contributed by atoms with Crippen LogP contribution >= 0.6 is 0 Å². The average Bonchev–Trinajstić information content (AvgIpc) is 2.27. The Labute approximate surface area is 106 Å². The average molecular weight is 252 g/mol. The van der Waals surface area contributed by atoms with E-state index in [1.54, 1.807) is 0 Å². The van der Waals surface area contributed by atoms with Gasteiger partial charge in [0.2, 0.25) is 5.91 Å². The highest BCUT2D eigenvalue weighted by atomic mass is 19.1. The molecule has 1 aromatic rings. The topological polar surface area (TPSA) is 49.4 Å². The lowest BCUT2D eigenvalue weighted by molar-refractivity contribution is -0.122. The first kappa shape index (κ1) is 14.2. The first-order valence-corrected chi connectivity index (χ1v) is 5.70. The normalized spacial score (nSPS) is 10.3. The smallest absolute Gasteiger partial charge is 0.254 e. The van der Waals surface area contributed by atoms with E-state index in [9.17, 15) is 14.0 Å². The molecule has 18 heavy (non-hydrogen) atoms. The van der Waals surface area contributed by atoms with E-state index in [0.29, 0.717) is 5.56 Å². The number of halogens is 1. The molecule has 1 aromatic carbocycles. The summed E-state index contributed by atoms with van der Waals surface area (Å²) in [4.78, 5) is 24.7. The summed E-state index contributed by atoms with van der Waals surface area (Å²) < 4.78 is 12.7. The maximum atomic E-state index is 12.7. The highest BCUT2D eigenvalue weighted by molar-refractivity contribution is 5.96. The predicted octanol–water partition coefficient (Wildman–Crippen LogP) is 1.42. The van der Waals surface area contributed by atoms with Crippen molar-refractivity contribution in [3.8, 4) is 0 Å². The highest BCUT2D eigenvalue weighted by Crippen LogP contribution is 2.05. The fourth-order valence-corrected chi connectivity index (χ4v) is 1.47. The van der Waals surface area contributed by atoms with Crippen molar-refractivity contribution in [2.24, 2.45) is 0 Å². The Morgan fingerprint density at radius 2 is 1.83 bits per heavy atom. The van der Waals surface area contributed by atoms with Gasteiger partial charge in [0.15, 0.2) is 0 Å². The molecule has 4 nitrogen and oxygen atoms in total. The molecule has 0 atom stereocenters. The van der Waals surface area contributed by atoms with Crippen molar-refractivity contribution >= 4 is 11.8 Å². The number of rotatable bonds is 4. The summed E-state index contributed by atoms with van der Waals surface area (Å²) in [7, 11) is 1.53. The standard InChI is InChI=1S/C13H17FN2O2/c1-9(2)15-12(17)8-16(3)13(18)10-4-6-11(14)7-5-10/h4-7,9H,8H2,1-3H3,(H,15,17). The van der Waals surface area contributed by atoms with Crippen LogP contribution in [0.3, 0.4) is 0 Å². The number of hydrogen-bond acceptors (Lipinski definition) is 2. The van der Waals surface area contributed by atoms with Gasteiger partial charge in [-0.15, -0.1) is 0 Å². The van der Waals surface area contributed by atoms with Crippen LogP contribution in [0.15, 0.2) is 24.3 Å². The molecule has 0 aromatic heterocycles. The number of benzene rings is 1. The van der Waals surface area contributed by atoms with Crippen molar-refractivity contribution < 1.29 is 14.0 Å². The second-order valence-electron chi connectivity index (χ2n) is 4.39. The molecule has 0 unspecified atom stereocenters. The lowest BCUT2D eigenvalue weighted by Crippen LogP contribution is -2.40. The van der Waals surface area contributed by atoms with Gasteiger partial charge >= 0.3 is 0 Å². The Morgan fingerprint density at radius 1 is 1.28 bits per heavy atom. The van der Waals surface area contributed by atoms with Crippen LogP contribution in [0.4, 0.5) is 4.39 Å². The first-order chi connectivity index (χ1) is 8.40. The monoisotopic (exact) mass is 252 g/mol. The third-order valence-electron chi connectivity index (χ3n) is 2.27. The molecule has 1 N–H and O–H groups in total. The molecule has 5 heteroatoms. The van der Waals surface area contributed by atoms with Crippen molar-refractivity contribution in [1.82, 2.24) is 10.2 Å². The Morgan fingerprint density at radius 3 is 2.33 bits per heavy atom. The Kier molecular flexibility index (Phi) is 4.83. The van der Waals surface area contributed by atoms with E-state index in [4.69, 9.17) is 0 Å². The Balaban J connectivity index is 2.61. The van der Waals surface area contributed by atoms with Crippen LogP contribution in [0, 0.1) is 5.82 Å². The van der Waals surface area contributed by atoms with Crippen LogP contribution in [0.1, 0.15) is 24.2 Å². The minimum Gasteiger partial charge on any atom is -0.352 e. The van der Waals surface area contributed by atoms with E-state index in [0.717, 1.165) is 0 Å². The number of likely N-dealkylation sites (N-methyl/N-ethyl adjacent to an activating group) is 1. The number of hydrogen-bond donors (Lipinski definition) is 1. The third-order valence-corrected chi connectivity index (χ3v) is 2.27. The zero-order valence-corrected chi connectivity index (χ0v) is 10.7. The van der Waals surface area contributed by atoms with E-state index in [1.165, 1.54) is 36.2 Å². The molecule has 0 radical (unpaired) electrons. The number of carbonyl (C=O) groups is 2. The lowest BCUT2D eigenvalue weighted by Gasteiger charge is -2.17. The van der Waals surface area contributed by atoms with E-state index in [-0.39, 0.29) is 24.4 Å². The molecule has 1 rings (SSSR count). The number of amides is 2. The lowest BCUT2D eigenvalue weighted by atomic mass is 10.2. The van der Waals surface area contributed by atoms with Crippen molar-refractivity contribution in [3.63, 3.8) is 0 Å². The van der Waals surface area contributed by atoms with Gasteiger partial charge in [-0.2, -0.15) is 0 Å². The molecule has 2 amide bonds. The summed E-state index contributed by atoms with van der Waals surface area (Å²) in [6.45, 7) is 3.67. The van der Waals surface area contributed by atoms with Crippen LogP contribution in [-0.4, -0.2) is 36.3 Å². The quantitative estimate of drug-likeness (QED) is 0.881. The summed E-state index contributed by atoms with van der Waals surface area (Å²) in [5.74, 6) is -0.927. The van der Waals surface area contributed by atoms with Gasteiger partial charge in [0.25, 0.3) is 5.91 Å². The van der Waals surface area contributed by atoms with Crippen LogP contribution in [0.2, 0.25) is 0 Å². The minimum atomic E-state index is -0.397. The van der Waals surface area contributed by atoms with E-state index in [1.807, 2.05) is 13.8 Å². The SMILES string of the molecule is CC(C)NC(=O)CN(C)C(=O)c1ccc(F)cc1. The van der Waals surface area contributed by atoms with Crippen molar-refractivity contribution in [2.45, 2.75) is 19.9 Å². The molecule has 0 heterocycles. The second kappa shape index (κ2) is 6.14. The summed E-state index contributed by atoms with van der Waals surface area (Å²) in [6.07, 6.45) is 0. The molecule has 0 spiro atoms. The maximum absolute atomic E-state index is 12.7. The van der Waals surface area contributed by atoms with Crippen LogP contribution in [0.5, 0.6) is 0 Å². The van der Waals surface area contributed by atoms with E-state index < -0.39 is 5.82 Å². The van der Waals surface area contributed by atoms with Gasteiger partial charge in [-0.1, -0.05) is 0 Å². The van der Waals surface area contributed by atoms with Crippen molar-refractivity contribution in [2.75, 3.05) is 13.6 Å². The summed E-state index contributed by atoms with van der Waals surface area (Å²) in [5, 5.41) is 2.70. The van der Waals surface area contributed by atoms with Gasteiger partial charge in [-0.25, -0.2) is 4.39 Å². The van der Waals surface area contributed by atoms with Gasteiger partial charge in [0, 0.05) is 18.7 Å². The molecule has 0 fully saturated rings. The van der Waals surface area contributed by atoms with Gasteiger partial charge in [-0.3, -0.25) is 9.59 Å². The van der Waals surface area contributed by atoms with E-state index in [2.05, 4.69) is 5.32 Å². The Bertz CT molecular complexity index is 429. The summed E-state index contributed by atoms with van der Waals surface area (Å²) in [6, 6.07) is 5.26. The highest BCUT2D eigenvalue weighted by Gasteiger charge is 2.15. The fraction of sp³-hybridized carbons (Fsp3) is 0.385. The third kappa shape index (κ3) is 4.16. The number of nitrogens with zero attached hydrogens (tertiary/aromatic N) is 1. The minimum absolute atomic E-state index is 0.0195. The van der Waals surface area contributed by atoms with Gasteiger partial charge in [0.05, 0.1) is 6.54 Å². The van der Waals surface area contributed by atoms with Crippen molar-refractivity contribution in [1.29, 1.82) is 0 Å².